The Morgan fingerprint density at radius 1 is 1.09 bits per heavy atom. The molecule has 2 bridgehead atoms. The SMILES string of the molecule is COc1cc(-c2cc(O)c(-c3ccc(NCC4CC5(C)CCC(C)(C4)N5)nn3)c(F)c2)ccn1. The summed E-state index contributed by atoms with van der Waals surface area (Å²) in [6.45, 7) is 5.46. The molecule has 4 heterocycles. The van der Waals surface area contributed by atoms with Crippen LogP contribution in [-0.4, -0.2) is 45.0 Å². The number of ether oxygens (including phenoxy) is 1. The van der Waals surface area contributed by atoms with E-state index in [1.165, 1.54) is 32.1 Å². The summed E-state index contributed by atoms with van der Waals surface area (Å²) in [5, 5.41) is 26.2. The Kier molecular flexibility index (Phi) is 5.64. The van der Waals surface area contributed by atoms with Gasteiger partial charge in [0.05, 0.1) is 18.4 Å². The molecule has 0 spiro atoms. The van der Waals surface area contributed by atoms with Gasteiger partial charge in [-0.15, -0.1) is 10.2 Å². The fourth-order valence-electron chi connectivity index (χ4n) is 5.72. The average Bonchev–Trinajstić information content (AvgIpc) is 3.04. The number of phenolic OH excluding ortho intramolecular Hbond substituents is 1. The van der Waals surface area contributed by atoms with Crippen molar-refractivity contribution in [3.63, 3.8) is 0 Å². The number of aromatic nitrogens is 3. The summed E-state index contributed by atoms with van der Waals surface area (Å²) in [6, 6.07) is 9.74. The number of aromatic hydroxyl groups is 1. The first-order valence-electron chi connectivity index (χ1n) is 11.7. The number of hydrogen-bond donors (Lipinski definition) is 3. The summed E-state index contributed by atoms with van der Waals surface area (Å²) in [4.78, 5) is 4.06. The Bertz CT molecular complexity index is 1160. The van der Waals surface area contributed by atoms with Gasteiger partial charge < -0.3 is 20.5 Å². The number of nitrogens with one attached hydrogen (secondary N) is 2. The summed E-state index contributed by atoms with van der Waals surface area (Å²) >= 11 is 0. The van der Waals surface area contributed by atoms with Crippen molar-refractivity contribution in [1.29, 1.82) is 0 Å². The molecule has 0 radical (unpaired) electrons. The van der Waals surface area contributed by atoms with Crippen LogP contribution in [0.3, 0.4) is 0 Å². The maximum atomic E-state index is 15.0. The van der Waals surface area contributed by atoms with Gasteiger partial charge in [-0.25, -0.2) is 9.37 Å². The van der Waals surface area contributed by atoms with Crippen molar-refractivity contribution in [1.82, 2.24) is 20.5 Å². The van der Waals surface area contributed by atoms with Gasteiger partial charge in [0.2, 0.25) is 5.88 Å². The first kappa shape index (κ1) is 22.5. The standard InChI is InChI=1S/C26H30FN5O2/c1-25-7-8-26(2,32-25)14-16(13-25)15-29-22-5-4-20(30-31-22)24-19(27)10-18(11-21(24)33)17-6-9-28-23(12-17)34-3/h4-6,9-12,16,32-33H,7-8,13-15H2,1-3H3,(H,29,31). The number of rotatable bonds is 6. The minimum atomic E-state index is -0.576. The van der Waals surface area contributed by atoms with Gasteiger partial charge in [0.25, 0.3) is 0 Å². The molecule has 0 amide bonds. The maximum absolute atomic E-state index is 15.0. The molecular weight excluding hydrogens is 433 g/mol. The molecule has 3 N–H and O–H groups in total. The number of pyridine rings is 1. The number of halogens is 1. The molecule has 7 nitrogen and oxygen atoms in total. The van der Waals surface area contributed by atoms with Crippen molar-refractivity contribution >= 4 is 5.82 Å². The van der Waals surface area contributed by atoms with Crippen molar-refractivity contribution in [2.24, 2.45) is 5.92 Å². The van der Waals surface area contributed by atoms with Crippen LogP contribution in [-0.2, 0) is 0 Å². The molecule has 2 aliphatic heterocycles. The molecular formula is C26H30FN5O2. The van der Waals surface area contributed by atoms with Crippen LogP contribution in [0.5, 0.6) is 11.6 Å². The summed E-state index contributed by atoms with van der Waals surface area (Å²) < 4.78 is 20.1. The predicted molar refractivity (Wildman–Crippen MR) is 129 cm³/mol. The molecule has 2 aliphatic rings. The Morgan fingerprint density at radius 3 is 2.50 bits per heavy atom. The Morgan fingerprint density at radius 2 is 1.85 bits per heavy atom. The molecule has 3 aromatic rings. The lowest BCUT2D eigenvalue weighted by Gasteiger charge is -2.42. The average molecular weight is 464 g/mol. The molecule has 0 saturated carbocycles. The van der Waals surface area contributed by atoms with E-state index in [0.717, 1.165) is 19.4 Å². The molecule has 5 rings (SSSR count). The van der Waals surface area contributed by atoms with Crippen molar-refractivity contribution in [3.05, 3.63) is 48.4 Å². The molecule has 2 unspecified atom stereocenters. The highest BCUT2D eigenvalue weighted by molar-refractivity contribution is 5.75. The molecule has 2 saturated heterocycles. The first-order valence-corrected chi connectivity index (χ1v) is 11.7. The van der Waals surface area contributed by atoms with Gasteiger partial charge in [-0.2, -0.15) is 0 Å². The Hall–Kier alpha value is -3.26. The summed E-state index contributed by atoms with van der Waals surface area (Å²) in [5.41, 5.74) is 1.95. The van der Waals surface area contributed by atoms with Gasteiger partial charge in [0.15, 0.2) is 0 Å². The lowest BCUT2D eigenvalue weighted by atomic mass is 9.80. The van der Waals surface area contributed by atoms with E-state index in [-0.39, 0.29) is 28.1 Å². The van der Waals surface area contributed by atoms with Crippen LogP contribution in [0.4, 0.5) is 10.2 Å². The van der Waals surface area contributed by atoms with Crippen LogP contribution in [0.1, 0.15) is 39.5 Å². The van der Waals surface area contributed by atoms with Gasteiger partial charge in [-0.1, -0.05) is 0 Å². The van der Waals surface area contributed by atoms with E-state index in [2.05, 4.69) is 39.7 Å². The van der Waals surface area contributed by atoms with E-state index < -0.39 is 5.82 Å². The van der Waals surface area contributed by atoms with E-state index in [4.69, 9.17) is 4.74 Å². The zero-order chi connectivity index (χ0) is 23.9. The monoisotopic (exact) mass is 463 g/mol. The summed E-state index contributed by atoms with van der Waals surface area (Å²) in [5.74, 6) is 0.835. The lowest BCUT2D eigenvalue weighted by Crippen LogP contribution is -2.54. The number of anilines is 1. The van der Waals surface area contributed by atoms with E-state index >= 15 is 4.39 Å². The number of nitrogens with zero attached hydrogens (tertiary/aromatic N) is 3. The van der Waals surface area contributed by atoms with Crippen molar-refractivity contribution in [3.8, 4) is 34.0 Å². The van der Waals surface area contributed by atoms with Crippen molar-refractivity contribution in [2.45, 2.75) is 50.6 Å². The minimum Gasteiger partial charge on any atom is -0.507 e. The summed E-state index contributed by atoms with van der Waals surface area (Å²) in [6.07, 6.45) is 6.28. The number of phenols is 1. The first-order chi connectivity index (χ1) is 16.3. The maximum Gasteiger partial charge on any atom is 0.213 e. The highest BCUT2D eigenvalue weighted by Crippen LogP contribution is 2.44. The van der Waals surface area contributed by atoms with E-state index in [0.29, 0.717) is 28.7 Å². The molecule has 34 heavy (non-hydrogen) atoms. The number of hydrogen-bond acceptors (Lipinski definition) is 7. The molecule has 2 fully saturated rings. The minimum absolute atomic E-state index is 0.0274. The summed E-state index contributed by atoms with van der Waals surface area (Å²) in [7, 11) is 1.52. The highest BCUT2D eigenvalue weighted by Gasteiger charge is 2.48. The van der Waals surface area contributed by atoms with Crippen LogP contribution < -0.4 is 15.4 Å². The largest absolute Gasteiger partial charge is 0.507 e. The third-order valence-electron chi connectivity index (χ3n) is 7.15. The molecule has 0 aliphatic carbocycles. The topological polar surface area (TPSA) is 92.2 Å². The number of piperidine rings is 1. The van der Waals surface area contributed by atoms with Gasteiger partial charge in [-0.05, 0) is 86.9 Å². The lowest BCUT2D eigenvalue weighted by molar-refractivity contribution is 0.178. The fourth-order valence-corrected chi connectivity index (χ4v) is 5.72. The van der Waals surface area contributed by atoms with Gasteiger partial charge in [0, 0.05) is 29.9 Å². The second kappa shape index (κ2) is 8.51. The van der Waals surface area contributed by atoms with Crippen molar-refractivity contribution < 1.29 is 14.2 Å². The fraction of sp³-hybridized carbons (Fsp3) is 0.423. The molecule has 178 valence electrons. The van der Waals surface area contributed by atoms with Gasteiger partial charge in [0.1, 0.15) is 17.4 Å². The molecule has 8 heteroatoms. The second-order valence-electron chi connectivity index (χ2n) is 10.1. The molecule has 1 aromatic carbocycles. The third kappa shape index (κ3) is 4.42. The quantitative estimate of drug-likeness (QED) is 0.484. The van der Waals surface area contributed by atoms with Crippen LogP contribution in [0, 0.1) is 11.7 Å². The van der Waals surface area contributed by atoms with Crippen LogP contribution >= 0.6 is 0 Å². The van der Waals surface area contributed by atoms with E-state index in [1.54, 1.807) is 30.5 Å². The van der Waals surface area contributed by atoms with Gasteiger partial charge in [-0.3, -0.25) is 0 Å². The van der Waals surface area contributed by atoms with E-state index in [1.807, 2.05) is 0 Å². The Labute approximate surface area is 198 Å². The van der Waals surface area contributed by atoms with Gasteiger partial charge >= 0.3 is 0 Å². The number of methoxy groups -OCH3 is 1. The number of fused-ring (bicyclic) bond motifs is 2. The zero-order valence-electron chi connectivity index (χ0n) is 19.7. The van der Waals surface area contributed by atoms with Crippen LogP contribution in [0.2, 0.25) is 0 Å². The predicted octanol–water partition coefficient (Wildman–Crippen LogP) is 4.78. The van der Waals surface area contributed by atoms with E-state index in [9.17, 15) is 5.11 Å². The third-order valence-corrected chi connectivity index (χ3v) is 7.15. The highest BCUT2D eigenvalue weighted by atomic mass is 19.1. The molecule has 2 atom stereocenters. The second-order valence-corrected chi connectivity index (χ2v) is 10.1. The zero-order valence-corrected chi connectivity index (χ0v) is 19.7. The van der Waals surface area contributed by atoms with Crippen LogP contribution in [0.15, 0.2) is 42.6 Å². The normalized spacial score (nSPS) is 25.8. The van der Waals surface area contributed by atoms with Crippen molar-refractivity contribution in [2.75, 3.05) is 19.0 Å². The van der Waals surface area contributed by atoms with Crippen LogP contribution in [0.25, 0.3) is 22.4 Å². The number of benzene rings is 1. The molecule has 2 aromatic heterocycles. The smallest absolute Gasteiger partial charge is 0.213 e. The Balaban J connectivity index is 1.29.